The van der Waals surface area contributed by atoms with Crippen molar-refractivity contribution in [2.45, 2.75) is 57.8 Å². The molecule has 2 N–H and O–H groups in total. The zero-order valence-corrected chi connectivity index (χ0v) is 12.8. The minimum atomic E-state index is -0.731. The Labute approximate surface area is 123 Å². The Morgan fingerprint density at radius 2 is 2.20 bits per heavy atom. The number of carboxylic acid groups (broad SMARTS) is 1. The van der Waals surface area contributed by atoms with Gasteiger partial charge in [0.05, 0.1) is 5.69 Å². The quantitative estimate of drug-likeness (QED) is 0.890. The summed E-state index contributed by atoms with van der Waals surface area (Å²) in [6.45, 7) is 3.29. The number of rotatable bonds is 4. The molecule has 1 fully saturated rings. The molecule has 1 aromatic heterocycles. The van der Waals surface area contributed by atoms with Gasteiger partial charge in [0.1, 0.15) is 5.92 Å². The van der Waals surface area contributed by atoms with Crippen LogP contribution in [0.15, 0.2) is 0 Å². The first-order chi connectivity index (χ1) is 9.57. The van der Waals surface area contributed by atoms with Crippen LogP contribution in [-0.4, -0.2) is 22.6 Å². The minimum absolute atomic E-state index is 0.387. The molecule has 1 atom stereocenters. The lowest BCUT2D eigenvalue weighted by molar-refractivity contribution is -0.139. The van der Waals surface area contributed by atoms with Gasteiger partial charge >= 0.3 is 5.97 Å². The number of aryl methyl sites for hydroxylation is 1. The third-order valence-corrected chi connectivity index (χ3v) is 5.82. The van der Waals surface area contributed by atoms with Gasteiger partial charge in [0.25, 0.3) is 0 Å². The molecule has 110 valence electrons. The lowest BCUT2D eigenvalue weighted by atomic mass is 9.89. The molecule has 1 unspecified atom stereocenters. The molecule has 0 radical (unpaired) electrons. The standard InChI is InChI=1S/C15H22N2O2S/c1-15(7-2-3-8-15)9-16-14-17-12-10(13(18)19)5-4-6-11(12)20-14/h10H,2-9H2,1H3,(H,16,17)(H,18,19). The van der Waals surface area contributed by atoms with Gasteiger partial charge in [-0.05, 0) is 37.5 Å². The van der Waals surface area contributed by atoms with Crippen LogP contribution >= 0.6 is 11.3 Å². The molecule has 0 saturated heterocycles. The Morgan fingerprint density at radius 1 is 1.45 bits per heavy atom. The Hall–Kier alpha value is -1.10. The van der Waals surface area contributed by atoms with E-state index in [1.807, 2.05) is 0 Å². The Balaban J connectivity index is 1.71. The van der Waals surface area contributed by atoms with E-state index in [1.54, 1.807) is 11.3 Å². The molecule has 0 amide bonds. The lowest BCUT2D eigenvalue weighted by Gasteiger charge is -2.23. The van der Waals surface area contributed by atoms with Crippen LogP contribution in [0, 0.1) is 5.41 Å². The summed E-state index contributed by atoms with van der Waals surface area (Å²) in [5.41, 5.74) is 1.20. The van der Waals surface area contributed by atoms with Crippen LogP contribution in [0.2, 0.25) is 0 Å². The van der Waals surface area contributed by atoms with E-state index in [0.717, 1.165) is 36.6 Å². The first kappa shape index (κ1) is 13.9. The summed E-state index contributed by atoms with van der Waals surface area (Å²) in [5.74, 6) is -1.13. The van der Waals surface area contributed by atoms with Gasteiger partial charge in [-0.2, -0.15) is 0 Å². The first-order valence-corrected chi connectivity index (χ1v) is 8.35. The van der Waals surface area contributed by atoms with Crippen molar-refractivity contribution in [3.05, 3.63) is 10.6 Å². The second-order valence-electron chi connectivity index (χ2n) is 6.48. The molecule has 4 nitrogen and oxygen atoms in total. The van der Waals surface area contributed by atoms with Crippen LogP contribution in [0.3, 0.4) is 0 Å². The number of fused-ring (bicyclic) bond motifs is 1. The van der Waals surface area contributed by atoms with Gasteiger partial charge in [0, 0.05) is 11.4 Å². The van der Waals surface area contributed by atoms with E-state index in [4.69, 9.17) is 0 Å². The van der Waals surface area contributed by atoms with E-state index in [1.165, 1.54) is 30.6 Å². The van der Waals surface area contributed by atoms with E-state index in [2.05, 4.69) is 17.2 Å². The summed E-state index contributed by atoms with van der Waals surface area (Å²) in [4.78, 5) is 17.0. The van der Waals surface area contributed by atoms with Gasteiger partial charge in [-0.15, -0.1) is 11.3 Å². The minimum Gasteiger partial charge on any atom is -0.481 e. The summed E-state index contributed by atoms with van der Waals surface area (Å²) >= 11 is 1.65. The second kappa shape index (κ2) is 5.35. The highest BCUT2D eigenvalue weighted by atomic mass is 32.1. The topological polar surface area (TPSA) is 62.2 Å². The molecule has 20 heavy (non-hydrogen) atoms. The highest BCUT2D eigenvalue weighted by Crippen LogP contribution is 2.40. The molecule has 1 saturated carbocycles. The maximum absolute atomic E-state index is 11.3. The maximum Gasteiger partial charge on any atom is 0.312 e. The van der Waals surface area contributed by atoms with E-state index < -0.39 is 11.9 Å². The zero-order valence-electron chi connectivity index (χ0n) is 11.9. The summed E-state index contributed by atoms with van der Waals surface area (Å²) in [5, 5.41) is 13.7. The van der Waals surface area contributed by atoms with Gasteiger partial charge in [-0.1, -0.05) is 19.8 Å². The van der Waals surface area contributed by atoms with Crippen molar-refractivity contribution in [2.75, 3.05) is 11.9 Å². The fourth-order valence-electron chi connectivity index (χ4n) is 3.43. The van der Waals surface area contributed by atoms with Crippen LogP contribution in [0.4, 0.5) is 5.13 Å². The van der Waals surface area contributed by atoms with Crippen LogP contribution < -0.4 is 5.32 Å². The zero-order chi connectivity index (χ0) is 14.2. The highest BCUT2D eigenvalue weighted by Gasteiger charge is 2.31. The van der Waals surface area contributed by atoms with Crippen LogP contribution in [-0.2, 0) is 11.2 Å². The number of aromatic nitrogens is 1. The largest absolute Gasteiger partial charge is 0.481 e. The van der Waals surface area contributed by atoms with E-state index >= 15 is 0 Å². The molecule has 5 heteroatoms. The SMILES string of the molecule is CC1(CNc2nc3c(s2)CCCC3C(=O)O)CCCC1. The fourth-order valence-corrected chi connectivity index (χ4v) is 4.49. The number of carbonyl (C=O) groups is 1. The molecule has 0 spiro atoms. The van der Waals surface area contributed by atoms with Gasteiger partial charge in [-0.25, -0.2) is 4.98 Å². The van der Waals surface area contributed by atoms with E-state index in [-0.39, 0.29) is 0 Å². The summed E-state index contributed by atoms with van der Waals surface area (Å²) < 4.78 is 0. The average Bonchev–Trinajstić information content (AvgIpc) is 3.02. The maximum atomic E-state index is 11.3. The number of aliphatic carboxylic acids is 1. The van der Waals surface area contributed by atoms with Crippen molar-refractivity contribution >= 4 is 22.4 Å². The molecule has 0 bridgehead atoms. The third kappa shape index (κ3) is 2.68. The second-order valence-corrected chi connectivity index (χ2v) is 7.57. The normalized spacial score (nSPS) is 24.4. The van der Waals surface area contributed by atoms with Gasteiger partial charge in [0.2, 0.25) is 0 Å². The molecule has 0 aliphatic heterocycles. The van der Waals surface area contributed by atoms with Gasteiger partial charge in [0.15, 0.2) is 5.13 Å². The highest BCUT2D eigenvalue weighted by molar-refractivity contribution is 7.15. The number of nitrogens with zero attached hydrogens (tertiary/aromatic N) is 1. The van der Waals surface area contributed by atoms with E-state index in [9.17, 15) is 9.90 Å². The third-order valence-electron chi connectivity index (χ3n) is 4.73. The molecule has 2 aliphatic rings. The predicted molar refractivity (Wildman–Crippen MR) is 80.5 cm³/mol. The van der Waals surface area contributed by atoms with Crippen molar-refractivity contribution in [1.29, 1.82) is 0 Å². The monoisotopic (exact) mass is 294 g/mol. The van der Waals surface area contributed by atoms with Crippen LogP contribution in [0.1, 0.15) is 61.9 Å². The summed E-state index contributed by atoms with van der Waals surface area (Å²) in [6.07, 6.45) is 7.88. The summed E-state index contributed by atoms with van der Waals surface area (Å²) in [6, 6.07) is 0. The molecule has 2 aliphatic carbocycles. The van der Waals surface area contributed by atoms with Crippen LogP contribution in [0.5, 0.6) is 0 Å². The van der Waals surface area contributed by atoms with Crippen molar-refractivity contribution < 1.29 is 9.90 Å². The van der Waals surface area contributed by atoms with Crippen molar-refractivity contribution in [1.82, 2.24) is 4.98 Å². The average molecular weight is 294 g/mol. The molecular weight excluding hydrogens is 272 g/mol. The number of hydrogen-bond acceptors (Lipinski definition) is 4. The number of thiazole rings is 1. The van der Waals surface area contributed by atoms with Crippen molar-refractivity contribution in [3.8, 4) is 0 Å². The number of anilines is 1. The smallest absolute Gasteiger partial charge is 0.312 e. The van der Waals surface area contributed by atoms with E-state index in [0.29, 0.717) is 5.41 Å². The lowest BCUT2D eigenvalue weighted by Crippen LogP contribution is -2.23. The van der Waals surface area contributed by atoms with Gasteiger partial charge in [-0.3, -0.25) is 4.79 Å². The first-order valence-electron chi connectivity index (χ1n) is 7.54. The molecular formula is C15H22N2O2S. The van der Waals surface area contributed by atoms with Gasteiger partial charge < -0.3 is 10.4 Å². The van der Waals surface area contributed by atoms with Crippen molar-refractivity contribution in [2.24, 2.45) is 5.41 Å². The molecule has 3 rings (SSSR count). The number of hydrogen-bond donors (Lipinski definition) is 2. The Kier molecular flexibility index (Phi) is 3.71. The molecule has 1 heterocycles. The Morgan fingerprint density at radius 3 is 2.90 bits per heavy atom. The fraction of sp³-hybridized carbons (Fsp3) is 0.733. The van der Waals surface area contributed by atoms with Crippen LogP contribution in [0.25, 0.3) is 0 Å². The van der Waals surface area contributed by atoms with Crippen molar-refractivity contribution in [3.63, 3.8) is 0 Å². The number of carboxylic acids is 1. The molecule has 0 aromatic carbocycles. The predicted octanol–water partition coefficient (Wildman–Crippen LogP) is 3.64. The number of nitrogens with one attached hydrogen (secondary N) is 1. The summed E-state index contributed by atoms with van der Waals surface area (Å²) in [7, 11) is 0. The Bertz CT molecular complexity index is 506. The molecule has 1 aromatic rings.